The minimum Gasteiger partial charge on any atom is -0.476 e. The van der Waals surface area contributed by atoms with Gasteiger partial charge >= 0.3 is 11.9 Å². The van der Waals surface area contributed by atoms with Gasteiger partial charge in [0.1, 0.15) is 12.2 Å². The van der Waals surface area contributed by atoms with Crippen LogP contribution in [0.25, 0.3) is 0 Å². The van der Waals surface area contributed by atoms with E-state index in [1.165, 1.54) is 6.92 Å². The van der Waals surface area contributed by atoms with E-state index < -0.39 is 23.3 Å². The van der Waals surface area contributed by atoms with Gasteiger partial charge in [-0.15, -0.1) is 11.6 Å². The largest absolute Gasteiger partial charge is 0.476 e. The number of halogens is 1. The number of esters is 1. The molecule has 0 saturated heterocycles. The molecule has 0 aliphatic heterocycles. The fraction of sp³-hybridized carbons (Fsp3) is 0.667. The molecule has 112 valence electrons. The number of ketones is 1. The Hall–Kier alpha value is -1.63. The standard InChI is InChI=1S/C12H16ClNO6/c1-7(15)19-8-2-4-9(5-3-8)20-14-11(12(17)18)10(16)6-13/h8-9H,2-6H2,1H3,(H,17,18)/b14-11-/t8-,9-. The van der Waals surface area contributed by atoms with Gasteiger partial charge in [0, 0.05) is 6.92 Å². The summed E-state index contributed by atoms with van der Waals surface area (Å²) >= 11 is 5.28. The number of carbonyl (C=O) groups excluding carboxylic acids is 2. The van der Waals surface area contributed by atoms with E-state index in [9.17, 15) is 14.4 Å². The van der Waals surface area contributed by atoms with Crippen LogP contribution in [0.4, 0.5) is 0 Å². The molecular weight excluding hydrogens is 290 g/mol. The number of carbonyl (C=O) groups is 3. The van der Waals surface area contributed by atoms with Gasteiger partial charge in [-0.25, -0.2) is 4.79 Å². The first-order chi connectivity index (χ1) is 9.43. The van der Waals surface area contributed by atoms with Crippen LogP contribution in [0.3, 0.4) is 0 Å². The average molecular weight is 306 g/mol. The zero-order chi connectivity index (χ0) is 15.1. The molecule has 20 heavy (non-hydrogen) atoms. The first-order valence-corrected chi connectivity index (χ1v) is 6.71. The van der Waals surface area contributed by atoms with Gasteiger partial charge in [0.2, 0.25) is 11.5 Å². The molecule has 0 heterocycles. The number of aliphatic carboxylic acids is 1. The highest BCUT2D eigenvalue weighted by atomic mass is 35.5. The average Bonchev–Trinajstić information content (AvgIpc) is 2.39. The van der Waals surface area contributed by atoms with Crippen molar-refractivity contribution >= 4 is 35.0 Å². The zero-order valence-corrected chi connectivity index (χ0v) is 11.8. The van der Waals surface area contributed by atoms with Gasteiger partial charge < -0.3 is 14.7 Å². The molecule has 0 spiro atoms. The zero-order valence-electron chi connectivity index (χ0n) is 11.0. The molecule has 0 atom stereocenters. The molecule has 0 bridgehead atoms. The number of nitrogens with zero attached hydrogens (tertiary/aromatic N) is 1. The lowest BCUT2D eigenvalue weighted by atomic mass is 9.95. The molecule has 8 heteroatoms. The number of oxime groups is 1. The van der Waals surface area contributed by atoms with Crippen molar-refractivity contribution in [3.05, 3.63) is 0 Å². The molecule has 0 aromatic heterocycles. The molecule has 0 radical (unpaired) electrons. The Morgan fingerprint density at radius 3 is 2.20 bits per heavy atom. The fourth-order valence-corrected chi connectivity index (χ4v) is 2.02. The van der Waals surface area contributed by atoms with Crippen molar-refractivity contribution in [3.63, 3.8) is 0 Å². The highest BCUT2D eigenvalue weighted by Gasteiger charge is 2.26. The van der Waals surface area contributed by atoms with Gasteiger partial charge in [0.15, 0.2) is 0 Å². The van der Waals surface area contributed by atoms with Gasteiger partial charge in [-0.1, -0.05) is 5.16 Å². The SMILES string of the molecule is CC(=O)O[C@H]1CC[C@H](O/N=C(\C(=O)O)C(=O)CCl)CC1. The van der Waals surface area contributed by atoms with Crippen LogP contribution in [-0.2, 0) is 24.0 Å². The lowest BCUT2D eigenvalue weighted by Gasteiger charge is -2.26. The predicted octanol–water partition coefficient (Wildman–Crippen LogP) is 1.13. The normalized spacial score (nSPS) is 23.0. The lowest BCUT2D eigenvalue weighted by Crippen LogP contribution is -2.29. The van der Waals surface area contributed by atoms with Crippen LogP contribution < -0.4 is 0 Å². The molecule has 0 aromatic rings. The van der Waals surface area contributed by atoms with Gasteiger partial charge in [-0.3, -0.25) is 9.59 Å². The van der Waals surface area contributed by atoms with E-state index in [0.29, 0.717) is 25.7 Å². The number of Topliss-reactive ketones (excluding diaryl/α,β-unsaturated/α-hetero) is 1. The minimum absolute atomic E-state index is 0.139. The Balaban J connectivity index is 2.48. The summed E-state index contributed by atoms with van der Waals surface area (Å²) in [5.74, 6) is -3.06. The van der Waals surface area contributed by atoms with Gasteiger partial charge in [-0.2, -0.15) is 0 Å². The molecule has 0 aromatic carbocycles. The number of alkyl halides is 1. The molecule has 1 rings (SSSR count). The van der Waals surface area contributed by atoms with Crippen LogP contribution in [-0.4, -0.2) is 46.6 Å². The number of hydrogen-bond acceptors (Lipinski definition) is 6. The number of rotatable bonds is 6. The summed E-state index contributed by atoms with van der Waals surface area (Å²) in [6, 6.07) is 0. The third-order valence-corrected chi connectivity index (χ3v) is 3.08. The summed E-state index contributed by atoms with van der Waals surface area (Å²) in [6.45, 7) is 1.35. The molecule has 1 saturated carbocycles. The highest BCUT2D eigenvalue weighted by Crippen LogP contribution is 2.23. The van der Waals surface area contributed by atoms with Crippen LogP contribution >= 0.6 is 11.6 Å². The van der Waals surface area contributed by atoms with Crippen molar-refractivity contribution in [3.8, 4) is 0 Å². The summed E-state index contributed by atoms with van der Waals surface area (Å²) in [5, 5.41) is 12.2. The Morgan fingerprint density at radius 1 is 1.20 bits per heavy atom. The van der Waals surface area contributed by atoms with Crippen LogP contribution in [0.15, 0.2) is 5.16 Å². The molecule has 0 unspecified atom stereocenters. The van der Waals surface area contributed by atoms with Crippen molar-refractivity contribution in [2.75, 3.05) is 5.88 Å². The number of hydrogen-bond donors (Lipinski definition) is 1. The third kappa shape index (κ3) is 5.16. The Kier molecular flexibility index (Phi) is 6.44. The fourth-order valence-electron chi connectivity index (χ4n) is 1.89. The first kappa shape index (κ1) is 16.4. The van der Waals surface area contributed by atoms with E-state index in [-0.39, 0.29) is 18.2 Å². The van der Waals surface area contributed by atoms with Crippen molar-refractivity contribution in [1.82, 2.24) is 0 Å². The summed E-state index contributed by atoms with van der Waals surface area (Å²) in [6.07, 6.45) is 1.95. The monoisotopic (exact) mass is 305 g/mol. The summed E-state index contributed by atoms with van der Waals surface area (Å²) in [7, 11) is 0. The van der Waals surface area contributed by atoms with E-state index in [2.05, 4.69) is 5.16 Å². The van der Waals surface area contributed by atoms with Crippen LogP contribution in [0, 0.1) is 0 Å². The van der Waals surface area contributed by atoms with Gasteiger partial charge in [-0.05, 0) is 25.7 Å². The topological polar surface area (TPSA) is 102 Å². The third-order valence-electron chi connectivity index (χ3n) is 2.83. The molecule has 0 amide bonds. The van der Waals surface area contributed by atoms with Crippen LogP contribution in [0.2, 0.25) is 0 Å². The summed E-state index contributed by atoms with van der Waals surface area (Å²) in [4.78, 5) is 37.9. The molecule has 1 aliphatic carbocycles. The quantitative estimate of drug-likeness (QED) is 0.259. The van der Waals surface area contributed by atoms with E-state index in [4.69, 9.17) is 26.3 Å². The second kappa shape index (κ2) is 7.84. The second-order valence-electron chi connectivity index (χ2n) is 4.42. The molecule has 1 aliphatic rings. The van der Waals surface area contributed by atoms with Gasteiger partial charge in [0.25, 0.3) is 0 Å². The Bertz CT molecular complexity index is 414. The highest BCUT2D eigenvalue weighted by molar-refractivity contribution is 6.67. The first-order valence-electron chi connectivity index (χ1n) is 6.17. The smallest absolute Gasteiger partial charge is 0.361 e. The van der Waals surface area contributed by atoms with Crippen molar-refractivity contribution < 1.29 is 29.1 Å². The van der Waals surface area contributed by atoms with Crippen molar-refractivity contribution in [1.29, 1.82) is 0 Å². The molecule has 7 nitrogen and oxygen atoms in total. The summed E-state index contributed by atoms with van der Waals surface area (Å²) < 4.78 is 5.06. The molecular formula is C12H16ClNO6. The van der Waals surface area contributed by atoms with E-state index in [1.807, 2.05) is 0 Å². The maximum absolute atomic E-state index is 11.2. The van der Waals surface area contributed by atoms with Crippen molar-refractivity contribution in [2.45, 2.75) is 44.8 Å². The minimum atomic E-state index is -1.47. The Labute approximate surface area is 120 Å². The van der Waals surface area contributed by atoms with E-state index >= 15 is 0 Å². The maximum atomic E-state index is 11.2. The van der Waals surface area contributed by atoms with Crippen LogP contribution in [0.1, 0.15) is 32.6 Å². The predicted molar refractivity (Wildman–Crippen MR) is 69.7 cm³/mol. The number of carboxylic acids is 1. The molecule has 1 fully saturated rings. The van der Waals surface area contributed by atoms with E-state index in [0.717, 1.165) is 0 Å². The van der Waals surface area contributed by atoms with Crippen LogP contribution in [0.5, 0.6) is 0 Å². The second-order valence-corrected chi connectivity index (χ2v) is 4.68. The number of ether oxygens (including phenoxy) is 1. The number of carboxylic acid groups (broad SMARTS) is 1. The summed E-state index contributed by atoms with van der Waals surface area (Å²) in [5.41, 5.74) is -0.706. The lowest BCUT2D eigenvalue weighted by molar-refractivity contribution is -0.149. The van der Waals surface area contributed by atoms with Gasteiger partial charge in [0.05, 0.1) is 5.88 Å². The van der Waals surface area contributed by atoms with Crippen molar-refractivity contribution in [2.24, 2.45) is 5.16 Å². The Morgan fingerprint density at radius 2 is 1.75 bits per heavy atom. The molecule has 1 N–H and O–H groups in total. The maximum Gasteiger partial charge on any atom is 0.361 e. The van der Waals surface area contributed by atoms with E-state index in [1.54, 1.807) is 0 Å².